The van der Waals surface area contributed by atoms with Crippen LogP contribution in [0.2, 0.25) is 0 Å². The van der Waals surface area contributed by atoms with E-state index < -0.39 is 17.7 Å². The molecule has 0 aliphatic carbocycles. The molecule has 0 saturated carbocycles. The third kappa shape index (κ3) is 4.12. The maximum Gasteiger partial charge on any atom is 0.409 e. The summed E-state index contributed by atoms with van der Waals surface area (Å²) in [4.78, 5) is 22.2. The van der Waals surface area contributed by atoms with Crippen LogP contribution in [0.4, 0.5) is 4.79 Å². The minimum atomic E-state index is -1.62. The number of rotatable bonds is 4. The molecule has 1 atom stereocenters. The van der Waals surface area contributed by atoms with Gasteiger partial charge < -0.3 is 16.2 Å². The maximum atomic E-state index is 11.3. The molecule has 0 aliphatic heterocycles. The fourth-order valence-electron chi connectivity index (χ4n) is 1.03. The molecule has 0 saturated heterocycles. The molecule has 5 N–H and O–H groups in total. The van der Waals surface area contributed by atoms with Crippen molar-refractivity contribution in [3.63, 3.8) is 0 Å². The second kappa shape index (κ2) is 5.31. The minimum Gasteiger partial charge on any atom is -0.445 e. The van der Waals surface area contributed by atoms with E-state index in [4.69, 9.17) is 16.2 Å². The molecule has 1 aromatic carbocycles. The van der Waals surface area contributed by atoms with Gasteiger partial charge >= 0.3 is 6.09 Å². The Kier molecular flexibility index (Phi) is 4.06. The SMILES string of the molecule is CC(N)(NC(=O)OCc1ccccc1)C(N)=O. The predicted octanol–water partition coefficient (Wildman–Crippen LogP) is 0.0730. The van der Waals surface area contributed by atoms with Crippen molar-refractivity contribution in [2.24, 2.45) is 11.5 Å². The van der Waals surface area contributed by atoms with Crippen molar-refractivity contribution in [2.45, 2.75) is 19.2 Å². The molecule has 0 aliphatic rings. The highest BCUT2D eigenvalue weighted by Crippen LogP contribution is 2.01. The van der Waals surface area contributed by atoms with Crippen molar-refractivity contribution in [1.82, 2.24) is 5.32 Å². The van der Waals surface area contributed by atoms with Crippen LogP contribution in [0.1, 0.15) is 12.5 Å². The van der Waals surface area contributed by atoms with Crippen LogP contribution in [0.25, 0.3) is 0 Å². The van der Waals surface area contributed by atoms with Crippen LogP contribution in [0, 0.1) is 0 Å². The molecule has 0 aromatic heterocycles. The van der Waals surface area contributed by atoms with Gasteiger partial charge in [0, 0.05) is 0 Å². The van der Waals surface area contributed by atoms with Gasteiger partial charge in [-0.3, -0.25) is 10.1 Å². The molecular weight excluding hydrogens is 222 g/mol. The van der Waals surface area contributed by atoms with Gasteiger partial charge in [0.25, 0.3) is 5.91 Å². The third-order valence-corrected chi connectivity index (χ3v) is 2.09. The van der Waals surface area contributed by atoms with E-state index in [1.165, 1.54) is 6.92 Å². The van der Waals surface area contributed by atoms with E-state index in [0.29, 0.717) is 0 Å². The number of benzene rings is 1. The Balaban J connectivity index is 2.44. The van der Waals surface area contributed by atoms with Crippen LogP contribution < -0.4 is 16.8 Å². The van der Waals surface area contributed by atoms with Crippen molar-refractivity contribution in [1.29, 1.82) is 0 Å². The van der Waals surface area contributed by atoms with E-state index in [9.17, 15) is 9.59 Å². The first-order valence-electron chi connectivity index (χ1n) is 4.99. The van der Waals surface area contributed by atoms with E-state index in [-0.39, 0.29) is 6.61 Å². The molecule has 0 fully saturated rings. The number of hydrogen-bond donors (Lipinski definition) is 3. The van der Waals surface area contributed by atoms with Gasteiger partial charge in [-0.1, -0.05) is 30.3 Å². The molecule has 2 amide bonds. The second-order valence-electron chi connectivity index (χ2n) is 3.75. The Labute approximate surface area is 98.9 Å². The summed E-state index contributed by atoms with van der Waals surface area (Å²) in [5.41, 5.74) is 9.65. The summed E-state index contributed by atoms with van der Waals surface area (Å²) in [5.74, 6) is -0.839. The largest absolute Gasteiger partial charge is 0.445 e. The Morgan fingerprint density at radius 1 is 1.35 bits per heavy atom. The summed E-state index contributed by atoms with van der Waals surface area (Å²) in [7, 11) is 0. The van der Waals surface area contributed by atoms with Crippen molar-refractivity contribution in [3.05, 3.63) is 35.9 Å². The highest BCUT2D eigenvalue weighted by atomic mass is 16.5. The molecule has 0 heterocycles. The first-order chi connectivity index (χ1) is 7.92. The number of primary amides is 1. The molecule has 1 rings (SSSR count). The fraction of sp³-hybridized carbons (Fsp3) is 0.273. The molecule has 92 valence electrons. The number of amides is 2. The van der Waals surface area contributed by atoms with Gasteiger partial charge in [-0.05, 0) is 12.5 Å². The Bertz CT molecular complexity index is 404. The van der Waals surface area contributed by atoms with Crippen LogP contribution in [-0.4, -0.2) is 17.7 Å². The second-order valence-corrected chi connectivity index (χ2v) is 3.75. The lowest BCUT2D eigenvalue weighted by Gasteiger charge is -2.21. The zero-order chi connectivity index (χ0) is 12.9. The lowest BCUT2D eigenvalue weighted by atomic mass is 10.2. The van der Waals surface area contributed by atoms with Gasteiger partial charge in [0.1, 0.15) is 6.61 Å². The average Bonchev–Trinajstić information content (AvgIpc) is 2.27. The molecule has 17 heavy (non-hydrogen) atoms. The fourth-order valence-corrected chi connectivity index (χ4v) is 1.03. The van der Waals surface area contributed by atoms with Crippen LogP contribution in [0.3, 0.4) is 0 Å². The molecule has 1 aromatic rings. The van der Waals surface area contributed by atoms with Crippen molar-refractivity contribution in [2.75, 3.05) is 0 Å². The lowest BCUT2D eigenvalue weighted by molar-refractivity contribution is -0.123. The first-order valence-corrected chi connectivity index (χ1v) is 4.99. The lowest BCUT2D eigenvalue weighted by Crippen LogP contribution is -2.61. The van der Waals surface area contributed by atoms with Crippen LogP contribution in [-0.2, 0) is 16.1 Å². The summed E-state index contributed by atoms with van der Waals surface area (Å²) in [6, 6.07) is 9.12. The number of nitrogens with one attached hydrogen (secondary N) is 1. The zero-order valence-electron chi connectivity index (χ0n) is 9.47. The van der Waals surface area contributed by atoms with E-state index in [0.717, 1.165) is 5.56 Å². The molecule has 6 heteroatoms. The highest BCUT2D eigenvalue weighted by molar-refractivity contribution is 5.87. The van der Waals surface area contributed by atoms with E-state index in [1.54, 1.807) is 0 Å². The Morgan fingerprint density at radius 2 is 1.94 bits per heavy atom. The van der Waals surface area contributed by atoms with Crippen molar-refractivity contribution < 1.29 is 14.3 Å². The number of carbonyl (C=O) groups excluding carboxylic acids is 2. The molecule has 0 radical (unpaired) electrons. The molecular formula is C11H15N3O3. The minimum absolute atomic E-state index is 0.0987. The summed E-state index contributed by atoms with van der Waals surface area (Å²) in [6.45, 7) is 1.39. The summed E-state index contributed by atoms with van der Waals surface area (Å²) in [6.07, 6.45) is -0.794. The Morgan fingerprint density at radius 3 is 2.47 bits per heavy atom. The zero-order valence-corrected chi connectivity index (χ0v) is 9.47. The molecule has 0 bridgehead atoms. The van der Waals surface area contributed by atoms with Crippen molar-refractivity contribution in [3.8, 4) is 0 Å². The van der Waals surface area contributed by atoms with E-state index in [2.05, 4.69) is 5.32 Å². The van der Waals surface area contributed by atoms with Gasteiger partial charge in [0.15, 0.2) is 5.66 Å². The average molecular weight is 237 g/mol. The third-order valence-electron chi connectivity index (χ3n) is 2.09. The van der Waals surface area contributed by atoms with Crippen LogP contribution in [0.15, 0.2) is 30.3 Å². The number of carbonyl (C=O) groups is 2. The first kappa shape index (κ1) is 13.0. The van der Waals surface area contributed by atoms with Crippen molar-refractivity contribution >= 4 is 12.0 Å². The quantitative estimate of drug-likeness (QED) is 0.644. The molecule has 6 nitrogen and oxygen atoms in total. The Hall–Kier alpha value is -2.08. The van der Waals surface area contributed by atoms with Gasteiger partial charge in [0.2, 0.25) is 0 Å². The van der Waals surface area contributed by atoms with Crippen LogP contribution >= 0.6 is 0 Å². The normalized spacial score (nSPS) is 13.5. The summed E-state index contributed by atoms with van der Waals surface area (Å²) >= 11 is 0. The van der Waals surface area contributed by atoms with Gasteiger partial charge in [-0.15, -0.1) is 0 Å². The molecule has 0 spiro atoms. The van der Waals surface area contributed by atoms with Gasteiger partial charge in [-0.25, -0.2) is 4.79 Å². The van der Waals surface area contributed by atoms with E-state index in [1.807, 2.05) is 30.3 Å². The maximum absolute atomic E-state index is 11.3. The number of nitrogens with two attached hydrogens (primary N) is 2. The topological polar surface area (TPSA) is 107 Å². The number of ether oxygens (including phenoxy) is 1. The summed E-state index contributed by atoms with van der Waals surface area (Å²) < 4.78 is 4.88. The highest BCUT2D eigenvalue weighted by Gasteiger charge is 2.28. The van der Waals surface area contributed by atoms with Gasteiger partial charge in [0.05, 0.1) is 0 Å². The summed E-state index contributed by atoms with van der Waals surface area (Å²) in [5, 5.41) is 2.17. The smallest absolute Gasteiger partial charge is 0.409 e. The monoisotopic (exact) mass is 237 g/mol. The number of alkyl carbamates (subject to hydrolysis) is 1. The van der Waals surface area contributed by atoms with Crippen LogP contribution in [0.5, 0.6) is 0 Å². The molecule has 1 unspecified atom stereocenters. The van der Waals surface area contributed by atoms with Gasteiger partial charge in [-0.2, -0.15) is 0 Å². The predicted molar refractivity (Wildman–Crippen MR) is 61.5 cm³/mol. The number of hydrogen-bond acceptors (Lipinski definition) is 4. The standard InChI is InChI=1S/C11H15N3O3/c1-11(13,9(12)15)14-10(16)17-7-8-5-3-2-4-6-8/h2-6H,7,13H2,1H3,(H2,12,15)(H,14,16). The van der Waals surface area contributed by atoms with E-state index >= 15 is 0 Å².